The standard InChI is InChI=1S/C34H42N4/c1-3-5-7-9-11-13-25-19-31-22-29-16-15-27(35-29)21-28-17-18-30(36-28)23-33-26(14-12-10-8-6-4-2)20-32(38-33)24-34(25)37-31/h15-24,37-38H,3-14H2,1-2H3/i19D. The van der Waals surface area contributed by atoms with Gasteiger partial charge in [-0.25, -0.2) is 9.97 Å². The van der Waals surface area contributed by atoms with Gasteiger partial charge in [0.1, 0.15) is 0 Å². The average molecular weight is 508 g/mol. The lowest BCUT2D eigenvalue weighted by atomic mass is 10.1. The molecule has 2 aliphatic rings. The van der Waals surface area contributed by atoms with Crippen LogP contribution in [0.2, 0.25) is 0 Å². The van der Waals surface area contributed by atoms with Crippen molar-refractivity contribution in [2.75, 3.05) is 0 Å². The normalized spacial score (nSPS) is 12.8. The van der Waals surface area contributed by atoms with Gasteiger partial charge in [-0.3, -0.25) is 0 Å². The van der Waals surface area contributed by atoms with Gasteiger partial charge in [-0.1, -0.05) is 65.2 Å². The Morgan fingerprint density at radius 1 is 0.553 bits per heavy atom. The van der Waals surface area contributed by atoms with Crippen molar-refractivity contribution < 1.29 is 1.37 Å². The molecule has 5 heterocycles. The summed E-state index contributed by atoms with van der Waals surface area (Å²) in [5, 5.41) is 0. The number of nitrogens with zero attached hydrogens (tertiary/aromatic N) is 2. The first-order chi connectivity index (χ1) is 19.1. The maximum atomic E-state index is 9.03. The minimum atomic E-state index is 0.589. The summed E-state index contributed by atoms with van der Waals surface area (Å²) in [7, 11) is 0. The van der Waals surface area contributed by atoms with Gasteiger partial charge >= 0.3 is 0 Å². The third-order valence-corrected chi connectivity index (χ3v) is 7.46. The minimum Gasteiger partial charge on any atom is -0.355 e. The highest BCUT2D eigenvalue weighted by atomic mass is 14.8. The Balaban J connectivity index is 1.62. The first kappa shape index (κ1) is 24.9. The smallest absolute Gasteiger partial charge is 0.0659 e. The molecule has 4 nitrogen and oxygen atoms in total. The summed E-state index contributed by atoms with van der Waals surface area (Å²) in [6.45, 7) is 4.51. The van der Waals surface area contributed by atoms with Crippen molar-refractivity contribution in [3.63, 3.8) is 0 Å². The van der Waals surface area contributed by atoms with E-state index in [0.717, 1.165) is 69.7 Å². The fourth-order valence-electron chi connectivity index (χ4n) is 5.36. The van der Waals surface area contributed by atoms with E-state index in [1.807, 2.05) is 30.4 Å². The molecule has 3 aromatic rings. The lowest BCUT2D eigenvalue weighted by molar-refractivity contribution is 0.633. The van der Waals surface area contributed by atoms with Crippen molar-refractivity contribution in [3.05, 3.63) is 70.3 Å². The average Bonchev–Trinajstić information content (AvgIpc) is 3.70. The molecule has 0 atom stereocenters. The van der Waals surface area contributed by atoms with Gasteiger partial charge in [0, 0.05) is 22.1 Å². The van der Waals surface area contributed by atoms with E-state index in [1.165, 1.54) is 63.4 Å². The highest BCUT2D eigenvalue weighted by molar-refractivity contribution is 5.79. The second-order valence-electron chi connectivity index (χ2n) is 10.7. The first-order valence-electron chi connectivity index (χ1n) is 15.2. The van der Waals surface area contributed by atoms with E-state index in [0.29, 0.717) is 6.04 Å². The summed E-state index contributed by atoms with van der Waals surface area (Å²) >= 11 is 0. The molecule has 3 aromatic heterocycles. The molecule has 5 rings (SSSR count). The Labute approximate surface area is 228 Å². The number of nitrogens with one attached hydrogen (secondary N) is 2. The predicted molar refractivity (Wildman–Crippen MR) is 164 cm³/mol. The zero-order chi connectivity index (χ0) is 27.0. The van der Waals surface area contributed by atoms with Gasteiger partial charge in [-0.15, -0.1) is 0 Å². The van der Waals surface area contributed by atoms with Crippen molar-refractivity contribution in [1.29, 1.82) is 0 Å². The molecule has 4 heteroatoms. The van der Waals surface area contributed by atoms with Crippen molar-refractivity contribution in [2.24, 2.45) is 0 Å². The number of rotatable bonds is 12. The molecule has 2 aliphatic heterocycles. The Kier molecular flexibility index (Phi) is 8.46. The van der Waals surface area contributed by atoms with E-state index >= 15 is 0 Å². The molecule has 0 saturated carbocycles. The summed E-state index contributed by atoms with van der Waals surface area (Å²) in [4.78, 5) is 16.9. The zero-order valence-corrected chi connectivity index (χ0v) is 23.1. The summed E-state index contributed by atoms with van der Waals surface area (Å²) < 4.78 is 9.03. The number of hydrogen-bond donors (Lipinski definition) is 2. The minimum absolute atomic E-state index is 0.589. The lowest BCUT2D eigenvalue weighted by Gasteiger charge is -1.99. The van der Waals surface area contributed by atoms with Gasteiger partial charge < -0.3 is 9.97 Å². The molecule has 0 spiro atoms. The quantitative estimate of drug-likeness (QED) is 0.165. The molecule has 0 aromatic carbocycles. The van der Waals surface area contributed by atoms with Gasteiger partial charge in [0.15, 0.2) is 0 Å². The highest BCUT2D eigenvalue weighted by Crippen LogP contribution is 2.23. The Hall–Kier alpha value is -3.40. The summed E-state index contributed by atoms with van der Waals surface area (Å²) in [5.41, 5.74) is 10.1. The molecule has 0 saturated heterocycles. The van der Waals surface area contributed by atoms with Gasteiger partial charge in [0.05, 0.1) is 24.1 Å². The number of unbranched alkanes of at least 4 members (excludes halogenated alkanes) is 8. The Morgan fingerprint density at radius 3 is 1.74 bits per heavy atom. The van der Waals surface area contributed by atoms with Crippen molar-refractivity contribution in [2.45, 2.75) is 90.9 Å². The van der Waals surface area contributed by atoms with Crippen LogP contribution in [0.4, 0.5) is 0 Å². The number of hydrogen-bond acceptors (Lipinski definition) is 2. The summed E-state index contributed by atoms with van der Waals surface area (Å²) in [5.74, 6) is 0. The molecule has 8 bridgehead atoms. The van der Waals surface area contributed by atoms with Crippen molar-refractivity contribution in [3.8, 4) is 0 Å². The van der Waals surface area contributed by atoms with Crippen LogP contribution < -0.4 is 0 Å². The molecule has 0 aliphatic carbocycles. The lowest BCUT2D eigenvalue weighted by Crippen LogP contribution is -1.85. The number of H-pyrrole nitrogens is 2. The second kappa shape index (κ2) is 12.9. The van der Waals surface area contributed by atoms with Crippen LogP contribution >= 0.6 is 0 Å². The van der Waals surface area contributed by atoms with E-state index in [4.69, 9.17) is 11.3 Å². The van der Waals surface area contributed by atoms with E-state index in [-0.39, 0.29) is 0 Å². The van der Waals surface area contributed by atoms with E-state index in [9.17, 15) is 0 Å². The van der Waals surface area contributed by atoms with Gasteiger partial charge in [-0.2, -0.15) is 0 Å². The largest absolute Gasteiger partial charge is 0.355 e. The third kappa shape index (κ3) is 6.92. The monoisotopic (exact) mass is 507 g/mol. The fourth-order valence-corrected chi connectivity index (χ4v) is 5.36. The predicted octanol–water partition coefficient (Wildman–Crippen LogP) is 9.68. The van der Waals surface area contributed by atoms with Crippen LogP contribution in [0, 0.1) is 0 Å². The maximum Gasteiger partial charge on any atom is 0.0659 e. The fraction of sp³-hybridized carbons (Fsp3) is 0.412. The molecular weight excluding hydrogens is 464 g/mol. The summed E-state index contributed by atoms with van der Waals surface area (Å²) in [6.07, 6.45) is 22.6. The number of fused-ring (bicyclic) bond motifs is 8. The van der Waals surface area contributed by atoms with Crippen molar-refractivity contribution in [1.82, 2.24) is 19.9 Å². The van der Waals surface area contributed by atoms with Crippen LogP contribution in [0.3, 0.4) is 0 Å². The van der Waals surface area contributed by atoms with Crippen LogP contribution in [-0.2, 0) is 12.8 Å². The van der Waals surface area contributed by atoms with Crippen LogP contribution in [0.1, 0.15) is 113 Å². The molecule has 2 N–H and O–H groups in total. The van der Waals surface area contributed by atoms with E-state index < -0.39 is 0 Å². The van der Waals surface area contributed by atoms with E-state index in [1.54, 1.807) is 0 Å². The van der Waals surface area contributed by atoms with Gasteiger partial charge in [-0.05, 0) is 97.5 Å². The number of aromatic nitrogens is 4. The second-order valence-corrected chi connectivity index (χ2v) is 10.7. The first-order valence-corrected chi connectivity index (χ1v) is 14.7. The molecule has 198 valence electrons. The number of aromatic amines is 2. The Morgan fingerprint density at radius 2 is 1.08 bits per heavy atom. The third-order valence-electron chi connectivity index (χ3n) is 7.46. The van der Waals surface area contributed by atoms with Crippen LogP contribution in [-0.4, -0.2) is 19.9 Å². The van der Waals surface area contributed by atoms with Crippen molar-refractivity contribution >= 4 is 46.4 Å². The number of aryl methyl sites for hydroxylation is 2. The molecule has 0 fully saturated rings. The van der Waals surface area contributed by atoms with Gasteiger partial charge in [0.25, 0.3) is 0 Å². The Bertz CT molecular complexity index is 1500. The topological polar surface area (TPSA) is 57.4 Å². The summed E-state index contributed by atoms with van der Waals surface area (Å²) in [6, 6.07) is 11.3. The van der Waals surface area contributed by atoms with E-state index in [2.05, 4.69) is 48.1 Å². The van der Waals surface area contributed by atoms with Gasteiger partial charge in [0.2, 0.25) is 0 Å². The van der Waals surface area contributed by atoms with Crippen LogP contribution in [0.5, 0.6) is 0 Å². The molecule has 38 heavy (non-hydrogen) atoms. The molecule has 0 amide bonds. The zero-order valence-electron chi connectivity index (χ0n) is 24.1. The SMILES string of the molecule is [2H]c1c(CCCCCCC)c2cc3cc(CCCCCCC)c(cc4nc(cc5nc(cc1[nH]2)C=C5)C=C4)[nH]3. The maximum absolute atomic E-state index is 9.03. The molecule has 0 radical (unpaired) electrons. The van der Waals surface area contributed by atoms with Crippen LogP contribution in [0.15, 0.2) is 36.4 Å². The molecule has 0 unspecified atom stereocenters. The highest BCUT2D eigenvalue weighted by Gasteiger charge is 2.07. The van der Waals surface area contributed by atoms with Crippen LogP contribution in [0.25, 0.3) is 46.4 Å². The molecular formula is C34H42N4.